The monoisotopic (exact) mass is 784 g/mol. The van der Waals surface area contributed by atoms with Crippen LogP contribution < -0.4 is 31.6 Å². The number of rotatable bonds is 4. The molecule has 18 heteroatoms. The maximum absolute atomic E-state index is 13.7. The number of pyridine rings is 2. The summed E-state index contributed by atoms with van der Waals surface area (Å²) in [5.41, 5.74) is -1.10. The van der Waals surface area contributed by atoms with Gasteiger partial charge in [-0.1, -0.05) is 0 Å². The van der Waals surface area contributed by atoms with Gasteiger partial charge in [-0.15, -0.1) is 0 Å². The van der Waals surface area contributed by atoms with Gasteiger partial charge in [0.2, 0.25) is 0 Å². The Kier molecular flexibility index (Phi) is 10.5. The number of aromatic nitrogens is 4. The Morgan fingerprint density at radius 2 is 1.05 bits per heavy atom. The molecule has 10 nitrogen and oxygen atoms in total. The SMILES string of the molecule is O=c1cc(-c2cc(F)cc(C(F)(F)F)c2)nc2ccc(N3CCNCC3)cn12.O=c1cc(-c2ccc(F)c(C(F)(F)F)c2)nc2ccc(N3CCNCC3)cn12. The molecule has 292 valence electrons. The Balaban J connectivity index is 0.000000172. The number of fused-ring (bicyclic) bond motifs is 2. The highest BCUT2D eigenvalue weighted by Crippen LogP contribution is 2.35. The van der Waals surface area contributed by atoms with Crippen LogP contribution in [0.3, 0.4) is 0 Å². The number of benzene rings is 2. The van der Waals surface area contributed by atoms with Crippen molar-refractivity contribution in [3.8, 4) is 22.5 Å². The van der Waals surface area contributed by atoms with Crippen molar-refractivity contribution in [1.82, 2.24) is 29.4 Å². The molecule has 0 aliphatic carbocycles. The number of nitrogens with zero attached hydrogens (tertiary/aromatic N) is 6. The first-order valence-electron chi connectivity index (χ1n) is 17.4. The molecule has 2 saturated heterocycles. The third-order valence-corrected chi connectivity index (χ3v) is 9.34. The standard InChI is InChI=1S/2C19H16F4N4O/c20-15-3-1-12(9-14(15)19(21,22)23)16-10-18(28)27-11-13(2-4-17(27)25-16)26-7-5-24-6-8-26;20-14-8-12(7-13(9-14)19(21,22)23)16-10-18(28)27-11-15(1-2-17(27)25-16)26-5-3-24-4-6-26/h1-4,9-11,24H,5-8H2;1-2,7-11,24H,3-6H2. The minimum absolute atomic E-state index is 0.00933. The third kappa shape index (κ3) is 8.35. The molecule has 0 bridgehead atoms. The maximum Gasteiger partial charge on any atom is 0.419 e. The van der Waals surface area contributed by atoms with Gasteiger partial charge in [0.1, 0.15) is 22.9 Å². The third-order valence-electron chi connectivity index (χ3n) is 9.34. The molecule has 0 unspecified atom stereocenters. The minimum atomic E-state index is -4.83. The number of nitrogens with one attached hydrogen (secondary N) is 2. The van der Waals surface area contributed by atoms with Crippen LogP contribution in [0.15, 0.2) is 94.8 Å². The average molecular weight is 785 g/mol. The van der Waals surface area contributed by atoms with Gasteiger partial charge in [0.25, 0.3) is 11.1 Å². The summed E-state index contributed by atoms with van der Waals surface area (Å²) in [6.45, 7) is 6.58. The number of piperazine rings is 2. The Bertz CT molecular complexity index is 2520. The summed E-state index contributed by atoms with van der Waals surface area (Å²) in [6.07, 6.45) is -6.19. The van der Waals surface area contributed by atoms with Crippen molar-refractivity contribution in [1.29, 1.82) is 0 Å². The zero-order chi connectivity index (χ0) is 39.8. The highest BCUT2D eigenvalue weighted by atomic mass is 19.4. The molecular formula is C38H32F8N8O2. The first-order chi connectivity index (χ1) is 26.6. The van der Waals surface area contributed by atoms with Crippen molar-refractivity contribution in [2.45, 2.75) is 12.4 Å². The van der Waals surface area contributed by atoms with E-state index in [1.807, 2.05) is 12.1 Å². The van der Waals surface area contributed by atoms with Gasteiger partial charge in [-0.3, -0.25) is 18.4 Å². The van der Waals surface area contributed by atoms with Gasteiger partial charge < -0.3 is 20.4 Å². The lowest BCUT2D eigenvalue weighted by molar-refractivity contribution is -0.140. The van der Waals surface area contributed by atoms with E-state index in [4.69, 9.17) is 0 Å². The van der Waals surface area contributed by atoms with Crippen LogP contribution in [-0.2, 0) is 12.4 Å². The molecule has 0 amide bonds. The van der Waals surface area contributed by atoms with Crippen LogP contribution in [0.1, 0.15) is 11.1 Å². The van der Waals surface area contributed by atoms with Gasteiger partial charge >= 0.3 is 12.4 Å². The predicted octanol–water partition coefficient (Wildman–Crippen LogP) is 5.86. The summed E-state index contributed by atoms with van der Waals surface area (Å²) in [5, 5.41) is 6.49. The molecule has 2 aliphatic rings. The van der Waals surface area contributed by atoms with Crippen LogP contribution in [0.5, 0.6) is 0 Å². The van der Waals surface area contributed by atoms with E-state index in [9.17, 15) is 44.7 Å². The normalized spacial score (nSPS) is 15.2. The van der Waals surface area contributed by atoms with Crippen LogP contribution in [0.2, 0.25) is 0 Å². The molecule has 4 aromatic heterocycles. The van der Waals surface area contributed by atoms with Crippen molar-refractivity contribution in [3.63, 3.8) is 0 Å². The Morgan fingerprint density at radius 1 is 0.554 bits per heavy atom. The van der Waals surface area contributed by atoms with Crippen molar-refractivity contribution < 1.29 is 35.1 Å². The lowest BCUT2D eigenvalue weighted by atomic mass is 10.1. The second kappa shape index (κ2) is 15.3. The van der Waals surface area contributed by atoms with E-state index in [-0.39, 0.29) is 28.2 Å². The van der Waals surface area contributed by atoms with Crippen molar-refractivity contribution in [2.24, 2.45) is 0 Å². The fraction of sp³-hybridized carbons (Fsp3) is 0.263. The summed E-state index contributed by atoms with van der Waals surface area (Å²) in [4.78, 5) is 37.9. The molecule has 0 radical (unpaired) electrons. The molecular weight excluding hydrogens is 752 g/mol. The number of anilines is 2. The largest absolute Gasteiger partial charge is 0.419 e. The van der Waals surface area contributed by atoms with Crippen LogP contribution in [-0.4, -0.2) is 71.1 Å². The molecule has 6 heterocycles. The average Bonchev–Trinajstić information content (AvgIpc) is 3.18. The lowest BCUT2D eigenvalue weighted by Crippen LogP contribution is -2.43. The Hall–Kier alpha value is -5.88. The summed E-state index contributed by atoms with van der Waals surface area (Å²) in [6, 6.07) is 13.9. The Labute approximate surface area is 312 Å². The molecule has 0 atom stereocenters. The lowest BCUT2D eigenvalue weighted by Gasteiger charge is -2.29. The molecule has 2 fully saturated rings. The van der Waals surface area contributed by atoms with Crippen LogP contribution >= 0.6 is 0 Å². The van der Waals surface area contributed by atoms with Gasteiger partial charge in [-0.2, -0.15) is 26.3 Å². The van der Waals surface area contributed by atoms with Crippen LogP contribution in [0.4, 0.5) is 46.5 Å². The van der Waals surface area contributed by atoms with E-state index in [0.717, 1.165) is 94.1 Å². The van der Waals surface area contributed by atoms with Gasteiger partial charge in [-0.25, -0.2) is 18.7 Å². The highest BCUT2D eigenvalue weighted by Gasteiger charge is 2.34. The van der Waals surface area contributed by atoms with E-state index in [2.05, 4.69) is 30.4 Å². The number of alkyl halides is 6. The number of halogens is 8. The minimum Gasteiger partial charge on any atom is -0.368 e. The first-order valence-corrected chi connectivity index (χ1v) is 17.4. The molecule has 2 aromatic carbocycles. The molecule has 0 saturated carbocycles. The zero-order valence-electron chi connectivity index (χ0n) is 29.3. The van der Waals surface area contributed by atoms with Crippen LogP contribution in [0.25, 0.3) is 33.8 Å². The fourth-order valence-electron chi connectivity index (χ4n) is 6.50. The fourth-order valence-corrected chi connectivity index (χ4v) is 6.50. The molecule has 6 aromatic rings. The second-order valence-corrected chi connectivity index (χ2v) is 13.1. The van der Waals surface area contributed by atoms with Crippen molar-refractivity contribution in [2.75, 3.05) is 62.2 Å². The number of hydrogen-bond donors (Lipinski definition) is 2. The topological polar surface area (TPSA) is 99.3 Å². The second-order valence-electron chi connectivity index (χ2n) is 13.1. The van der Waals surface area contributed by atoms with Crippen LogP contribution in [0, 0.1) is 11.6 Å². The molecule has 2 N–H and O–H groups in total. The van der Waals surface area contributed by atoms with Crippen molar-refractivity contribution in [3.05, 3.63) is 129 Å². The predicted molar refractivity (Wildman–Crippen MR) is 194 cm³/mol. The molecule has 0 spiro atoms. The zero-order valence-corrected chi connectivity index (χ0v) is 29.3. The summed E-state index contributed by atoms with van der Waals surface area (Å²) in [7, 11) is 0. The quantitative estimate of drug-likeness (QED) is 0.215. The van der Waals surface area contributed by atoms with E-state index in [1.165, 1.54) is 14.9 Å². The van der Waals surface area contributed by atoms with Gasteiger partial charge in [0, 0.05) is 88.0 Å². The van der Waals surface area contributed by atoms with E-state index >= 15 is 0 Å². The smallest absolute Gasteiger partial charge is 0.368 e. The van der Waals surface area contributed by atoms with E-state index < -0.39 is 46.2 Å². The summed E-state index contributed by atoms with van der Waals surface area (Å²) < 4.78 is 108. The van der Waals surface area contributed by atoms with Crippen molar-refractivity contribution >= 4 is 22.7 Å². The summed E-state index contributed by atoms with van der Waals surface area (Å²) >= 11 is 0. The van der Waals surface area contributed by atoms with Gasteiger partial charge in [0.05, 0.1) is 33.9 Å². The maximum atomic E-state index is 13.7. The molecule has 8 rings (SSSR count). The molecule has 2 aliphatic heterocycles. The molecule has 56 heavy (non-hydrogen) atoms. The van der Waals surface area contributed by atoms with E-state index in [1.54, 1.807) is 24.5 Å². The summed E-state index contributed by atoms with van der Waals surface area (Å²) in [5.74, 6) is -2.41. The Morgan fingerprint density at radius 3 is 1.54 bits per heavy atom. The van der Waals surface area contributed by atoms with Gasteiger partial charge in [-0.05, 0) is 60.7 Å². The van der Waals surface area contributed by atoms with Gasteiger partial charge in [0.15, 0.2) is 0 Å². The highest BCUT2D eigenvalue weighted by molar-refractivity contribution is 5.65. The van der Waals surface area contributed by atoms with E-state index in [0.29, 0.717) is 17.8 Å². The first kappa shape index (κ1) is 38.4. The number of hydrogen-bond acceptors (Lipinski definition) is 8.